The van der Waals surface area contributed by atoms with Gasteiger partial charge in [0.2, 0.25) is 11.6 Å². The zero-order chi connectivity index (χ0) is 17.3. The lowest BCUT2D eigenvalue weighted by molar-refractivity contribution is 0.0696. The summed E-state index contributed by atoms with van der Waals surface area (Å²) < 4.78 is 0. The van der Waals surface area contributed by atoms with E-state index in [2.05, 4.69) is 5.32 Å². The lowest BCUT2D eigenvalue weighted by Crippen LogP contribution is -2.28. The van der Waals surface area contributed by atoms with Gasteiger partial charge in [-0.2, -0.15) is 0 Å². The fraction of sp³-hybridized carbons (Fsp3) is 0.0556. The fourth-order valence-corrected chi connectivity index (χ4v) is 2.71. The number of carboxylic acids is 1. The molecule has 2 aromatic rings. The number of carboxylic acid groups (broad SMARTS) is 1. The first-order chi connectivity index (χ1) is 11.5. The van der Waals surface area contributed by atoms with Gasteiger partial charge in [0.05, 0.1) is 5.56 Å². The van der Waals surface area contributed by atoms with Crippen molar-refractivity contribution in [1.29, 1.82) is 0 Å². The molecule has 0 saturated heterocycles. The van der Waals surface area contributed by atoms with Crippen LogP contribution in [-0.2, 0) is 6.54 Å². The maximum Gasteiger partial charge on any atom is 0.335 e. The minimum Gasteiger partial charge on any atom is -0.478 e. The smallest absolute Gasteiger partial charge is 0.335 e. The summed E-state index contributed by atoms with van der Waals surface area (Å²) in [6.07, 6.45) is 0. The molecule has 24 heavy (non-hydrogen) atoms. The van der Waals surface area contributed by atoms with E-state index in [-0.39, 0.29) is 28.6 Å². The molecule has 0 saturated carbocycles. The highest BCUT2D eigenvalue weighted by Crippen LogP contribution is 2.27. The second-order valence-corrected chi connectivity index (χ2v) is 5.63. The van der Waals surface area contributed by atoms with Crippen LogP contribution in [-0.4, -0.2) is 22.6 Å². The Kier molecular flexibility index (Phi) is 4.18. The summed E-state index contributed by atoms with van der Waals surface area (Å²) >= 11 is 6.06. The van der Waals surface area contributed by atoms with Gasteiger partial charge in [0.1, 0.15) is 10.7 Å². The van der Waals surface area contributed by atoms with E-state index in [9.17, 15) is 14.4 Å². The SMILES string of the molecule is O=C(O)c1ccc(CNC2=C(Cl)C(=O)c3ccccc3C2=O)cc1. The van der Waals surface area contributed by atoms with Gasteiger partial charge in [-0.3, -0.25) is 9.59 Å². The molecule has 0 aromatic heterocycles. The van der Waals surface area contributed by atoms with Crippen LogP contribution < -0.4 is 5.32 Å². The second kappa shape index (κ2) is 6.29. The lowest BCUT2D eigenvalue weighted by atomic mass is 9.92. The maximum absolute atomic E-state index is 12.5. The number of allylic oxidation sites excluding steroid dienone is 2. The van der Waals surface area contributed by atoms with Crippen molar-refractivity contribution in [1.82, 2.24) is 5.32 Å². The number of aromatic carboxylic acids is 1. The van der Waals surface area contributed by atoms with E-state index >= 15 is 0 Å². The van der Waals surface area contributed by atoms with E-state index in [4.69, 9.17) is 16.7 Å². The molecule has 0 unspecified atom stereocenters. The van der Waals surface area contributed by atoms with Crippen LogP contribution in [0.2, 0.25) is 0 Å². The summed E-state index contributed by atoms with van der Waals surface area (Å²) in [5, 5.41) is 11.6. The van der Waals surface area contributed by atoms with Crippen molar-refractivity contribution in [3.05, 3.63) is 81.5 Å². The van der Waals surface area contributed by atoms with Crippen LogP contribution >= 0.6 is 11.6 Å². The molecular weight excluding hydrogens is 330 g/mol. The quantitative estimate of drug-likeness (QED) is 0.893. The van der Waals surface area contributed by atoms with Crippen molar-refractivity contribution in [2.75, 3.05) is 0 Å². The largest absolute Gasteiger partial charge is 0.478 e. The highest BCUT2D eigenvalue weighted by atomic mass is 35.5. The number of Topliss-reactive ketones (excluding diaryl/α,β-unsaturated/α-hetero) is 2. The highest BCUT2D eigenvalue weighted by Gasteiger charge is 2.30. The molecule has 0 amide bonds. The van der Waals surface area contributed by atoms with Crippen LogP contribution in [0.1, 0.15) is 36.6 Å². The zero-order valence-electron chi connectivity index (χ0n) is 12.4. The van der Waals surface area contributed by atoms with Gasteiger partial charge in [0.25, 0.3) is 0 Å². The van der Waals surface area contributed by atoms with E-state index in [1.807, 2.05) is 0 Å². The Balaban J connectivity index is 1.82. The number of hydrogen-bond donors (Lipinski definition) is 2. The predicted molar refractivity (Wildman–Crippen MR) is 88.2 cm³/mol. The van der Waals surface area contributed by atoms with Gasteiger partial charge in [-0.25, -0.2) is 4.79 Å². The molecular formula is C18H12ClNO4. The minimum atomic E-state index is -1.01. The van der Waals surface area contributed by atoms with Crippen LogP contribution in [0.5, 0.6) is 0 Å². The fourth-order valence-electron chi connectivity index (χ4n) is 2.46. The molecule has 3 rings (SSSR count). The first kappa shape index (κ1) is 16.0. The van der Waals surface area contributed by atoms with Crippen LogP contribution in [0.15, 0.2) is 59.3 Å². The van der Waals surface area contributed by atoms with E-state index in [0.29, 0.717) is 11.1 Å². The predicted octanol–water partition coefficient (Wildman–Crippen LogP) is 3.00. The summed E-state index contributed by atoms with van der Waals surface area (Å²) in [6, 6.07) is 12.7. The number of halogens is 1. The molecule has 6 heteroatoms. The molecule has 0 atom stereocenters. The number of benzene rings is 2. The molecule has 0 radical (unpaired) electrons. The Morgan fingerprint density at radius 3 is 2.12 bits per heavy atom. The van der Waals surface area contributed by atoms with Gasteiger partial charge in [-0.05, 0) is 17.7 Å². The Hall–Kier alpha value is -2.92. The number of carbonyl (C=O) groups excluding carboxylic acids is 2. The van der Waals surface area contributed by atoms with Crippen molar-refractivity contribution < 1.29 is 19.5 Å². The molecule has 0 fully saturated rings. The van der Waals surface area contributed by atoms with Crippen LogP contribution in [0.3, 0.4) is 0 Å². The molecule has 1 aliphatic carbocycles. The topological polar surface area (TPSA) is 83.5 Å². The average Bonchev–Trinajstić information content (AvgIpc) is 2.60. The van der Waals surface area contributed by atoms with Gasteiger partial charge < -0.3 is 10.4 Å². The molecule has 0 spiro atoms. The third-order valence-electron chi connectivity index (χ3n) is 3.73. The molecule has 5 nitrogen and oxygen atoms in total. The van der Waals surface area contributed by atoms with Crippen molar-refractivity contribution in [2.24, 2.45) is 0 Å². The van der Waals surface area contributed by atoms with Gasteiger partial charge in [-0.15, -0.1) is 0 Å². The van der Waals surface area contributed by atoms with Gasteiger partial charge in [-0.1, -0.05) is 48.0 Å². The molecule has 120 valence electrons. The third kappa shape index (κ3) is 2.81. The summed E-state index contributed by atoms with van der Waals surface area (Å²) in [5.41, 5.74) is 1.60. The van der Waals surface area contributed by atoms with Crippen molar-refractivity contribution in [3.63, 3.8) is 0 Å². The van der Waals surface area contributed by atoms with Gasteiger partial charge in [0, 0.05) is 17.7 Å². The van der Waals surface area contributed by atoms with Crippen LogP contribution in [0.25, 0.3) is 0 Å². The highest BCUT2D eigenvalue weighted by molar-refractivity contribution is 6.49. The van der Waals surface area contributed by atoms with Gasteiger partial charge in [0.15, 0.2) is 0 Å². The molecule has 2 aromatic carbocycles. The molecule has 0 aliphatic heterocycles. The van der Waals surface area contributed by atoms with Crippen LogP contribution in [0, 0.1) is 0 Å². The number of hydrogen-bond acceptors (Lipinski definition) is 4. The Morgan fingerprint density at radius 1 is 0.958 bits per heavy atom. The first-order valence-electron chi connectivity index (χ1n) is 7.13. The maximum atomic E-state index is 12.5. The number of nitrogens with one attached hydrogen (secondary N) is 1. The first-order valence-corrected chi connectivity index (χ1v) is 7.51. The van der Waals surface area contributed by atoms with E-state index in [0.717, 1.165) is 5.56 Å². The number of ketones is 2. The molecule has 0 heterocycles. The van der Waals surface area contributed by atoms with E-state index in [1.165, 1.54) is 12.1 Å². The Labute approximate surface area is 142 Å². The van der Waals surface area contributed by atoms with Crippen molar-refractivity contribution in [3.8, 4) is 0 Å². The monoisotopic (exact) mass is 341 g/mol. The van der Waals surface area contributed by atoms with E-state index in [1.54, 1.807) is 36.4 Å². The second-order valence-electron chi connectivity index (χ2n) is 5.25. The van der Waals surface area contributed by atoms with Crippen molar-refractivity contribution in [2.45, 2.75) is 6.54 Å². The molecule has 2 N–H and O–H groups in total. The number of fused-ring (bicyclic) bond motifs is 1. The molecule has 1 aliphatic rings. The van der Waals surface area contributed by atoms with E-state index < -0.39 is 11.8 Å². The lowest BCUT2D eigenvalue weighted by Gasteiger charge is -2.18. The minimum absolute atomic E-state index is 0.0580. The molecule has 0 bridgehead atoms. The van der Waals surface area contributed by atoms with Crippen LogP contribution in [0.4, 0.5) is 0 Å². The Morgan fingerprint density at radius 2 is 1.54 bits per heavy atom. The number of rotatable bonds is 4. The normalized spacial score (nSPS) is 13.7. The van der Waals surface area contributed by atoms with Gasteiger partial charge >= 0.3 is 5.97 Å². The standard InChI is InChI=1S/C18H12ClNO4/c19-14-15(17(22)13-4-2-1-3-12(13)16(14)21)20-9-10-5-7-11(8-6-10)18(23)24/h1-8,20H,9H2,(H,23,24). The summed E-state index contributed by atoms with van der Waals surface area (Å²) in [6.45, 7) is 0.243. The summed E-state index contributed by atoms with van der Waals surface area (Å²) in [4.78, 5) is 35.6. The summed E-state index contributed by atoms with van der Waals surface area (Å²) in [5.74, 6) is -1.74. The summed E-state index contributed by atoms with van der Waals surface area (Å²) in [7, 11) is 0. The zero-order valence-corrected chi connectivity index (χ0v) is 13.1. The Bertz CT molecular complexity index is 884. The number of carbonyl (C=O) groups is 3. The third-order valence-corrected chi connectivity index (χ3v) is 4.09. The van der Waals surface area contributed by atoms with Crippen molar-refractivity contribution >= 4 is 29.1 Å². The average molecular weight is 342 g/mol.